The molecule has 2 heterocycles. The number of para-hydroxylation sites is 1. The van der Waals surface area contributed by atoms with Crippen molar-refractivity contribution in [1.29, 1.82) is 0 Å². The molecule has 0 unspecified atom stereocenters. The van der Waals surface area contributed by atoms with Crippen LogP contribution in [0.25, 0.3) is 11.3 Å². The van der Waals surface area contributed by atoms with E-state index in [2.05, 4.69) is 15.2 Å². The van der Waals surface area contributed by atoms with Crippen molar-refractivity contribution in [3.05, 3.63) is 60.7 Å². The van der Waals surface area contributed by atoms with Crippen molar-refractivity contribution >= 4 is 0 Å². The van der Waals surface area contributed by atoms with E-state index in [1.807, 2.05) is 12.1 Å². The number of ether oxygens (including phenoxy) is 1. The Morgan fingerprint density at radius 1 is 1.05 bits per heavy atom. The molecule has 0 radical (unpaired) electrons. The van der Waals surface area contributed by atoms with Crippen molar-refractivity contribution in [2.75, 3.05) is 0 Å². The molecular weight excluding hydrogens is 245 g/mol. The van der Waals surface area contributed by atoms with Gasteiger partial charge in [0.1, 0.15) is 0 Å². The Kier molecular flexibility index (Phi) is 2.94. The van der Waals surface area contributed by atoms with Crippen molar-refractivity contribution in [2.24, 2.45) is 0 Å². The zero-order chi connectivity index (χ0) is 13.1. The molecule has 4 nitrogen and oxygen atoms in total. The van der Waals surface area contributed by atoms with Crippen LogP contribution in [0.1, 0.15) is 0 Å². The van der Waals surface area contributed by atoms with E-state index in [0.29, 0.717) is 5.88 Å². The molecule has 0 amide bonds. The van der Waals surface area contributed by atoms with Gasteiger partial charge in [-0.15, -0.1) is 0 Å². The molecule has 19 heavy (non-hydrogen) atoms. The summed E-state index contributed by atoms with van der Waals surface area (Å²) in [4.78, 5) is 4.13. The van der Waals surface area contributed by atoms with E-state index in [1.165, 1.54) is 6.07 Å². The lowest BCUT2D eigenvalue weighted by Crippen LogP contribution is -1.90. The fourth-order valence-corrected chi connectivity index (χ4v) is 1.66. The number of rotatable bonds is 3. The van der Waals surface area contributed by atoms with Crippen LogP contribution in [-0.4, -0.2) is 15.2 Å². The average Bonchev–Trinajstić information content (AvgIpc) is 2.96. The van der Waals surface area contributed by atoms with Crippen LogP contribution in [0.15, 0.2) is 54.9 Å². The van der Waals surface area contributed by atoms with Gasteiger partial charge < -0.3 is 4.74 Å². The first-order chi connectivity index (χ1) is 9.33. The number of halogens is 1. The predicted molar refractivity (Wildman–Crippen MR) is 68.3 cm³/mol. The number of benzene rings is 1. The average molecular weight is 255 g/mol. The summed E-state index contributed by atoms with van der Waals surface area (Å²) >= 11 is 0. The standard InChI is InChI=1S/C14H10FN3O/c15-11-3-1-2-4-13(11)19-14-6-5-10(9-16-14)12-7-8-17-18-12/h1-9H,(H,17,18). The highest BCUT2D eigenvalue weighted by molar-refractivity contribution is 5.57. The van der Waals surface area contributed by atoms with Crippen molar-refractivity contribution in [1.82, 2.24) is 15.2 Å². The Labute approximate surface area is 108 Å². The second-order valence-electron chi connectivity index (χ2n) is 3.89. The monoisotopic (exact) mass is 255 g/mol. The van der Waals surface area contributed by atoms with E-state index >= 15 is 0 Å². The minimum atomic E-state index is -0.415. The first kappa shape index (κ1) is 11.4. The van der Waals surface area contributed by atoms with Gasteiger partial charge in [0.2, 0.25) is 5.88 Å². The zero-order valence-electron chi connectivity index (χ0n) is 9.88. The van der Waals surface area contributed by atoms with E-state index in [-0.39, 0.29) is 5.75 Å². The second kappa shape index (κ2) is 4.89. The summed E-state index contributed by atoms with van der Waals surface area (Å²) in [5, 5.41) is 6.71. The van der Waals surface area contributed by atoms with Crippen LogP contribution in [0.4, 0.5) is 4.39 Å². The number of hydrogen-bond donors (Lipinski definition) is 1. The lowest BCUT2D eigenvalue weighted by atomic mass is 10.2. The lowest BCUT2D eigenvalue weighted by Gasteiger charge is -2.05. The number of aromatic amines is 1. The number of nitrogens with one attached hydrogen (secondary N) is 1. The molecule has 0 aliphatic rings. The number of H-pyrrole nitrogens is 1. The summed E-state index contributed by atoms with van der Waals surface area (Å²) in [6, 6.07) is 11.6. The third-order valence-electron chi connectivity index (χ3n) is 2.60. The zero-order valence-corrected chi connectivity index (χ0v) is 9.88. The number of hydrogen-bond acceptors (Lipinski definition) is 3. The van der Waals surface area contributed by atoms with Gasteiger partial charge >= 0.3 is 0 Å². The van der Waals surface area contributed by atoms with Crippen LogP contribution in [0.3, 0.4) is 0 Å². The van der Waals surface area contributed by atoms with Gasteiger partial charge in [0.25, 0.3) is 0 Å². The summed E-state index contributed by atoms with van der Waals surface area (Å²) in [5.74, 6) is 0.0830. The molecule has 3 rings (SSSR count). The molecule has 0 aliphatic carbocycles. The van der Waals surface area contributed by atoms with E-state index in [9.17, 15) is 4.39 Å². The van der Waals surface area contributed by atoms with Crippen LogP contribution in [-0.2, 0) is 0 Å². The highest BCUT2D eigenvalue weighted by atomic mass is 19.1. The largest absolute Gasteiger partial charge is 0.436 e. The normalized spacial score (nSPS) is 10.4. The molecule has 0 saturated heterocycles. The number of nitrogens with zero attached hydrogens (tertiary/aromatic N) is 2. The SMILES string of the molecule is Fc1ccccc1Oc1ccc(-c2ccn[nH]2)cn1. The summed E-state index contributed by atoms with van der Waals surface area (Å²) in [6.45, 7) is 0. The number of pyridine rings is 1. The molecule has 0 fully saturated rings. The maximum absolute atomic E-state index is 13.4. The van der Waals surface area contributed by atoms with Gasteiger partial charge in [0.15, 0.2) is 11.6 Å². The minimum absolute atomic E-state index is 0.157. The fourth-order valence-electron chi connectivity index (χ4n) is 1.66. The minimum Gasteiger partial charge on any atom is -0.436 e. The van der Waals surface area contributed by atoms with Crippen LogP contribution < -0.4 is 4.74 Å². The van der Waals surface area contributed by atoms with Gasteiger partial charge in [0, 0.05) is 24.0 Å². The Bertz CT molecular complexity index is 665. The summed E-state index contributed by atoms with van der Waals surface area (Å²) in [5.41, 5.74) is 1.75. The van der Waals surface area contributed by atoms with Crippen molar-refractivity contribution in [3.8, 4) is 22.9 Å². The molecule has 1 aromatic carbocycles. The second-order valence-corrected chi connectivity index (χ2v) is 3.89. The molecule has 0 bridgehead atoms. The highest BCUT2D eigenvalue weighted by Crippen LogP contribution is 2.24. The van der Waals surface area contributed by atoms with Gasteiger partial charge in [-0.1, -0.05) is 12.1 Å². The van der Waals surface area contributed by atoms with E-state index in [1.54, 1.807) is 36.7 Å². The van der Waals surface area contributed by atoms with Crippen molar-refractivity contribution in [3.63, 3.8) is 0 Å². The maximum atomic E-state index is 13.4. The van der Waals surface area contributed by atoms with Gasteiger partial charge in [-0.2, -0.15) is 5.10 Å². The van der Waals surface area contributed by atoms with Crippen LogP contribution in [0, 0.1) is 5.82 Å². The highest BCUT2D eigenvalue weighted by Gasteiger charge is 2.05. The molecule has 3 aromatic rings. The van der Waals surface area contributed by atoms with E-state index in [4.69, 9.17) is 4.74 Å². The Balaban J connectivity index is 1.82. The molecule has 2 aromatic heterocycles. The first-order valence-electron chi connectivity index (χ1n) is 5.71. The molecule has 0 saturated carbocycles. The molecule has 0 aliphatic heterocycles. The Morgan fingerprint density at radius 2 is 1.95 bits per heavy atom. The van der Waals surface area contributed by atoms with Crippen molar-refractivity contribution in [2.45, 2.75) is 0 Å². The molecule has 1 N–H and O–H groups in total. The quantitative estimate of drug-likeness (QED) is 0.780. The molecule has 0 atom stereocenters. The maximum Gasteiger partial charge on any atom is 0.219 e. The lowest BCUT2D eigenvalue weighted by molar-refractivity contribution is 0.427. The van der Waals surface area contributed by atoms with Crippen LogP contribution in [0.5, 0.6) is 11.6 Å². The Hall–Kier alpha value is -2.69. The van der Waals surface area contributed by atoms with Gasteiger partial charge in [0.05, 0.1) is 5.69 Å². The Morgan fingerprint density at radius 3 is 2.63 bits per heavy atom. The predicted octanol–water partition coefficient (Wildman–Crippen LogP) is 3.40. The first-order valence-corrected chi connectivity index (χ1v) is 5.71. The molecule has 0 spiro atoms. The van der Waals surface area contributed by atoms with E-state index < -0.39 is 5.82 Å². The third-order valence-corrected chi connectivity index (χ3v) is 2.60. The van der Waals surface area contributed by atoms with E-state index in [0.717, 1.165) is 11.3 Å². The third kappa shape index (κ3) is 2.44. The fraction of sp³-hybridized carbons (Fsp3) is 0. The number of aromatic nitrogens is 3. The molecular formula is C14H10FN3O. The summed E-state index contributed by atoms with van der Waals surface area (Å²) in [6.07, 6.45) is 3.31. The van der Waals surface area contributed by atoms with Crippen LogP contribution in [0.2, 0.25) is 0 Å². The van der Waals surface area contributed by atoms with Gasteiger partial charge in [-0.05, 0) is 24.3 Å². The van der Waals surface area contributed by atoms with Gasteiger partial charge in [-0.25, -0.2) is 9.37 Å². The molecule has 94 valence electrons. The summed E-state index contributed by atoms with van der Waals surface area (Å²) in [7, 11) is 0. The topological polar surface area (TPSA) is 50.8 Å². The molecule has 5 heteroatoms. The smallest absolute Gasteiger partial charge is 0.219 e. The van der Waals surface area contributed by atoms with Crippen LogP contribution >= 0.6 is 0 Å². The van der Waals surface area contributed by atoms with Crippen molar-refractivity contribution < 1.29 is 9.13 Å². The summed E-state index contributed by atoms with van der Waals surface area (Å²) < 4.78 is 18.8. The van der Waals surface area contributed by atoms with Gasteiger partial charge in [-0.3, -0.25) is 5.10 Å².